The normalized spacial score (nSPS) is 12.1. The Morgan fingerprint density at radius 2 is 1.55 bits per heavy atom. The molecule has 0 unspecified atom stereocenters. The number of carbonyl (C=O) groups excluding carboxylic acids is 3. The molecule has 2 aromatic carbocycles. The van der Waals surface area contributed by atoms with Gasteiger partial charge in [-0.3, -0.25) is 19.7 Å². The van der Waals surface area contributed by atoms with Crippen molar-refractivity contribution in [3.05, 3.63) is 107 Å². The molecule has 0 atom stereocenters. The summed E-state index contributed by atoms with van der Waals surface area (Å²) in [5, 5.41) is 2.26. The summed E-state index contributed by atoms with van der Waals surface area (Å²) in [5.74, 6) is -1.40. The van der Waals surface area contributed by atoms with Crippen molar-refractivity contribution >= 4 is 17.8 Å². The van der Waals surface area contributed by atoms with E-state index in [1.165, 1.54) is 0 Å². The van der Waals surface area contributed by atoms with Gasteiger partial charge in [-0.1, -0.05) is 42.5 Å². The minimum atomic E-state index is -0.484. The highest BCUT2D eigenvalue weighted by Gasteiger charge is 2.29. The Morgan fingerprint density at radius 3 is 2.16 bits per heavy atom. The van der Waals surface area contributed by atoms with Gasteiger partial charge in [0, 0.05) is 0 Å². The predicted octanol–water partition coefficient (Wildman–Crippen LogP) is 4.04. The van der Waals surface area contributed by atoms with Crippen molar-refractivity contribution in [1.29, 1.82) is 0 Å². The number of fused-ring (bicyclic) bond motifs is 1. The van der Waals surface area contributed by atoms with Gasteiger partial charge in [0.1, 0.15) is 6.61 Å². The third-order valence-electron chi connectivity index (χ3n) is 5.16. The predicted molar refractivity (Wildman–Crippen MR) is 120 cm³/mol. The van der Waals surface area contributed by atoms with Gasteiger partial charge < -0.3 is 4.74 Å². The smallest absolute Gasteiger partial charge is 0.310 e. The van der Waals surface area contributed by atoms with Gasteiger partial charge >= 0.3 is 5.97 Å². The lowest BCUT2D eigenvalue weighted by Crippen LogP contribution is -2.20. The van der Waals surface area contributed by atoms with E-state index in [-0.39, 0.29) is 24.2 Å². The number of amides is 2. The summed E-state index contributed by atoms with van der Waals surface area (Å²) in [6, 6.07) is 9.05. The van der Waals surface area contributed by atoms with Gasteiger partial charge in [0.05, 0.1) is 17.5 Å². The number of ether oxygens (including phenoxy) is 1. The highest BCUT2D eigenvalue weighted by atomic mass is 16.5. The maximum atomic E-state index is 12.6. The molecule has 0 aliphatic carbocycles. The van der Waals surface area contributed by atoms with E-state index in [0.29, 0.717) is 18.4 Å². The van der Waals surface area contributed by atoms with E-state index in [2.05, 4.69) is 37.2 Å². The van der Waals surface area contributed by atoms with Crippen LogP contribution in [0.25, 0.3) is 0 Å². The van der Waals surface area contributed by atoms with Gasteiger partial charge in [-0.2, -0.15) is 0 Å². The fraction of sp³-hybridized carbons (Fsp3) is 0.192. The minimum Gasteiger partial charge on any atom is -0.461 e. The molecule has 3 rings (SSSR count). The molecule has 0 bridgehead atoms. The largest absolute Gasteiger partial charge is 0.461 e. The minimum absolute atomic E-state index is 0.0913. The molecule has 0 saturated carbocycles. The Kier molecular flexibility index (Phi) is 6.98. The highest BCUT2D eigenvalue weighted by Crippen LogP contribution is 2.24. The molecule has 0 saturated heterocycles. The Balaban J connectivity index is 1.81. The lowest BCUT2D eigenvalue weighted by Gasteiger charge is -2.16. The van der Waals surface area contributed by atoms with Crippen molar-refractivity contribution in [2.75, 3.05) is 0 Å². The van der Waals surface area contributed by atoms with Gasteiger partial charge in [-0.15, -0.1) is 19.7 Å². The van der Waals surface area contributed by atoms with Crippen molar-refractivity contribution in [3.63, 3.8) is 0 Å². The molecule has 1 heterocycles. The fourth-order valence-electron chi connectivity index (χ4n) is 3.81. The summed E-state index contributed by atoms with van der Waals surface area (Å²) in [7, 11) is 0. The van der Waals surface area contributed by atoms with Crippen LogP contribution in [0.15, 0.2) is 68.3 Å². The standard InChI is InChI=1S/C26H25NO4/c1-4-8-17-13-18(9-5-2)22(19(14-17)10-6-3)16-31-23(28)15-20-11-7-12-21-24(20)26(30)27-25(21)29/h4-7,11-14H,1-3,8-10,15-16H2,(H,27,29,30). The first kappa shape index (κ1) is 22.0. The van der Waals surface area contributed by atoms with E-state index in [4.69, 9.17) is 4.74 Å². The number of rotatable bonds is 10. The first-order valence-electron chi connectivity index (χ1n) is 10.1. The average molecular weight is 415 g/mol. The zero-order valence-corrected chi connectivity index (χ0v) is 17.4. The van der Waals surface area contributed by atoms with Crippen LogP contribution < -0.4 is 5.32 Å². The van der Waals surface area contributed by atoms with Gasteiger partial charge in [0.2, 0.25) is 0 Å². The fourth-order valence-corrected chi connectivity index (χ4v) is 3.81. The molecule has 1 aliphatic rings. The Morgan fingerprint density at radius 1 is 0.903 bits per heavy atom. The van der Waals surface area contributed by atoms with Gasteiger partial charge in [-0.25, -0.2) is 0 Å². The van der Waals surface area contributed by atoms with Crippen molar-refractivity contribution in [2.45, 2.75) is 32.3 Å². The molecule has 0 spiro atoms. The zero-order chi connectivity index (χ0) is 22.4. The van der Waals surface area contributed by atoms with Gasteiger partial charge in [-0.05, 0) is 53.1 Å². The second kappa shape index (κ2) is 9.85. The van der Waals surface area contributed by atoms with Crippen molar-refractivity contribution < 1.29 is 19.1 Å². The quantitative estimate of drug-likeness (QED) is 0.361. The van der Waals surface area contributed by atoms with Gasteiger partial charge in [0.15, 0.2) is 0 Å². The SMILES string of the molecule is C=CCc1cc(CC=C)c(COC(=O)Cc2cccc3c2C(=O)NC3=O)c(CC=C)c1. The Hall–Kier alpha value is -3.73. The van der Waals surface area contributed by atoms with Crippen molar-refractivity contribution in [2.24, 2.45) is 0 Å². The van der Waals surface area contributed by atoms with E-state index < -0.39 is 17.8 Å². The molecule has 158 valence electrons. The van der Waals surface area contributed by atoms with Crippen LogP contribution in [0.4, 0.5) is 0 Å². The van der Waals surface area contributed by atoms with Crippen molar-refractivity contribution in [3.8, 4) is 0 Å². The average Bonchev–Trinajstić information content (AvgIpc) is 3.03. The van der Waals surface area contributed by atoms with Crippen LogP contribution in [0.3, 0.4) is 0 Å². The molecule has 2 aromatic rings. The maximum absolute atomic E-state index is 12.6. The summed E-state index contributed by atoms with van der Waals surface area (Å²) in [6.07, 6.45) is 7.44. The number of allylic oxidation sites excluding steroid dienone is 3. The topological polar surface area (TPSA) is 72.5 Å². The zero-order valence-electron chi connectivity index (χ0n) is 17.4. The highest BCUT2D eigenvalue weighted by molar-refractivity contribution is 6.22. The second-order valence-electron chi connectivity index (χ2n) is 7.33. The van der Waals surface area contributed by atoms with Crippen LogP contribution in [-0.2, 0) is 41.8 Å². The van der Waals surface area contributed by atoms with E-state index in [9.17, 15) is 14.4 Å². The molecule has 0 radical (unpaired) electrons. The van der Waals surface area contributed by atoms with E-state index in [1.807, 2.05) is 18.2 Å². The Labute approximate surface area is 182 Å². The molecule has 2 amide bonds. The monoisotopic (exact) mass is 415 g/mol. The van der Waals surface area contributed by atoms with E-state index in [1.54, 1.807) is 18.2 Å². The number of imide groups is 1. The molecule has 31 heavy (non-hydrogen) atoms. The van der Waals surface area contributed by atoms with Crippen LogP contribution in [0.2, 0.25) is 0 Å². The third-order valence-corrected chi connectivity index (χ3v) is 5.16. The lowest BCUT2D eigenvalue weighted by atomic mass is 9.93. The molecular formula is C26H25NO4. The number of carbonyl (C=O) groups is 3. The molecule has 1 aliphatic heterocycles. The molecule has 1 N–H and O–H groups in total. The van der Waals surface area contributed by atoms with Crippen LogP contribution >= 0.6 is 0 Å². The number of hydrogen-bond acceptors (Lipinski definition) is 4. The maximum Gasteiger partial charge on any atom is 0.310 e. The summed E-state index contributed by atoms with van der Waals surface area (Å²) in [5.41, 5.74) is 5.17. The third kappa shape index (κ3) is 4.89. The lowest BCUT2D eigenvalue weighted by molar-refractivity contribution is -0.144. The number of hydrogen-bond donors (Lipinski definition) is 1. The summed E-state index contributed by atoms with van der Waals surface area (Å²) in [4.78, 5) is 36.5. The summed E-state index contributed by atoms with van der Waals surface area (Å²) >= 11 is 0. The number of esters is 1. The van der Waals surface area contributed by atoms with Crippen LogP contribution in [0.1, 0.15) is 48.5 Å². The Bertz CT molecular complexity index is 1050. The summed E-state index contributed by atoms with van der Waals surface area (Å²) < 4.78 is 5.58. The number of benzene rings is 2. The molecule has 5 heteroatoms. The summed E-state index contributed by atoms with van der Waals surface area (Å²) in [6.45, 7) is 11.6. The first-order valence-corrected chi connectivity index (χ1v) is 10.1. The molecular weight excluding hydrogens is 390 g/mol. The van der Waals surface area contributed by atoms with Crippen LogP contribution in [0, 0.1) is 0 Å². The number of nitrogens with one attached hydrogen (secondary N) is 1. The van der Waals surface area contributed by atoms with Crippen LogP contribution in [-0.4, -0.2) is 17.8 Å². The van der Waals surface area contributed by atoms with Crippen molar-refractivity contribution in [1.82, 2.24) is 5.32 Å². The van der Waals surface area contributed by atoms with Crippen LogP contribution in [0.5, 0.6) is 0 Å². The second-order valence-corrected chi connectivity index (χ2v) is 7.33. The molecule has 0 fully saturated rings. The van der Waals surface area contributed by atoms with Gasteiger partial charge in [0.25, 0.3) is 11.8 Å². The molecule has 5 nitrogen and oxygen atoms in total. The van der Waals surface area contributed by atoms with E-state index >= 15 is 0 Å². The van der Waals surface area contributed by atoms with E-state index in [0.717, 1.165) is 28.7 Å². The first-order chi connectivity index (χ1) is 15.0. The molecule has 0 aromatic heterocycles.